The number of alkyl halides is 2. The van der Waals surface area contributed by atoms with Gasteiger partial charge in [0.2, 0.25) is 17.7 Å². The number of hydrogen-bond acceptors (Lipinski definition) is 5. The number of halogens is 2. The Morgan fingerprint density at radius 3 is 2.06 bits per heavy atom. The van der Waals surface area contributed by atoms with E-state index in [1.54, 1.807) is 0 Å². The summed E-state index contributed by atoms with van der Waals surface area (Å²) in [4.78, 5) is 9.30. The highest BCUT2D eigenvalue weighted by Gasteiger charge is 2.45. The van der Waals surface area contributed by atoms with E-state index in [4.69, 9.17) is 9.47 Å². The van der Waals surface area contributed by atoms with Gasteiger partial charge in [-0.3, -0.25) is 0 Å². The number of anilines is 1. The topological polar surface area (TPSA) is 47.5 Å². The summed E-state index contributed by atoms with van der Waals surface area (Å²) in [6.07, 6.45) is 0. The first-order chi connectivity index (χ1) is 7.54. The molecule has 0 saturated carbocycles. The van der Waals surface area contributed by atoms with Crippen molar-refractivity contribution in [2.75, 3.05) is 32.2 Å². The molecule has 1 aromatic heterocycles. The number of aromatic nitrogens is 2. The van der Waals surface area contributed by atoms with Crippen LogP contribution in [0.15, 0.2) is 6.07 Å². The van der Waals surface area contributed by atoms with Crippen LogP contribution in [0.4, 0.5) is 14.7 Å². The number of methoxy groups -OCH3 is 2. The third-order valence-corrected chi connectivity index (χ3v) is 2.21. The molecular formula is C9H11F2N3O2. The Balaban J connectivity index is 2.21. The Morgan fingerprint density at radius 2 is 1.69 bits per heavy atom. The van der Waals surface area contributed by atoms with Gasteiger partial charge in [-0.15, -0.1) is 0 Å². The molecule has 0 atom stereocenters. The molecule has 1 aliphatic rings. The van der Waals surface area contributed by atoms with E-state index in [0.717, 1.165) is 0 Å². The zero-order valence-electron chi connectivity index (χ0n) is 8.91. The monoisotopic (exact) mass is 231 g/mol. The van der Waals surface area contributed by atoms with Crippen LogP contribution in [0.3, 0.4) is 0 Å². The van der Waals surface area contributed by atoms with Gasteiger partial charge in [-0.1, -0.05) is 0 Å². The van der Waals surface area contributed by atoms with E-state index in [1.807, 2.05) is 0 Å². The van der Waals surface area contributed by atoms with Gasteiger partial charge >= 0.3 is 0 Å². The highest BCUT2D eigenvalue weighted by Crippen LogP contribution is 2.31. The summed E-state index contributed by atoms with van der Waals surface area (Å²) in [5.41, 5.74) is 0. The summed E-state index contributed by atoms with van der Waals surface area (Å²) < 4.78 is 35.2. The SMILES string of the molecule is COc1cc(OC)nc(N2CC(F)(F)C2)n1. The highest BCUT2D eigenvalue weighted by molar-refractivity contribution is 5.40. The fourth-order valence-corrected chi connectivity index (χ4v) is 1.40. The molecule has 1 saturated heterocycles. The maximum absolute atomic E-state index is 12.7. The summed E-state index contributed by atoms with van der Waals surface area (Å²) in [6, 6.07) is 1.49. The van der Waals surface area contributed by atoms with E-state index in [2.05, 4.69) is 9.97 Å². The number of hydrogen-bond donors (Lipinski definition) is 0. The highest BCUT2D eigenvalue weighted by atomic mass is 19.3. The molecular weight excluding hydrogens is 220 g/mol. The van der Waals surface area contributed by atoms with Crippen LogP contribution in [0.5, 0.6) is 11.8 Å². The molecule has 0 N–H and O–H groups in total. The lowest BCUT2D eigenvalue weighted by Gasteiger charge is -2.38. The normalized spacial score (nSPS) is 17.9. The molecule has 7 heteroatoms. The average Bonchev–Trinajstić information content (AvgIpc) is 2.25. The molecule has 88 valence electrons. The second-order valence-electron chi connectivity index (χ2n) is 3.46. The minimum Gasteiger partial charge on any atom is -0.481 e. The van der Waals surface area contributed by atoms with Crippen molar-refractivity contribution in [3.63, 3.8) is 0 Å². The summed E-state index contributed by atoms with van der Waals surface area (Å²) in [7, 11) is 2.88. The summed E-state index contributed by atoms with van der Waals surface area (Å²) >= 11 is 0. The van der Waals surface area contributed by atoms with Gasteiger partial charge in [-0.2, -0.15) is 9.97 Å². The lowest BCUT2D eigenvalue weighted by Crippen LogP contribution is -2.57. The molecule has 0 spiro atoms. The van der Waals surface area contributed by atoms with Crippen LogP contribution in [-0.2, 0) is 0 Å². The maximum Gasteiger partial charge on any atom is 0.282 e. The van der Waals surface area contributed by atoms with E-state index in [9.17, 15) is 8.78 Å². The number of rotatable bonds is 3. The molecule has 0 aliphatic carbocycles. The molecule has 0 bridgehead atoms. The summed E-state index contributed by atoms with van der Waals surface area (Å²) in [5, 5.41) is 0. The largest absolute Gasteiger partial charge is 0.481 e. The Kier molecular flexibility index (Phi) is 2.53. The van der Waals surface area contributed by atoms with Crippen LogP contribution >= 0.6 is 0 Å². The minimum atomic E-state index is -2.65. The van der Waals surface area contributed by atoms with Crippen molar-refractivity contribution in [2.45, 2.75) is 5.92 Å². The van der Waals surface area contributed by atoms with Crippen molar-refractivity contribution in [1.29, 1.82) is 0 Å². The van der Waals surface area contributed by atoms with Gasteiger partial charge in [0.25, 0.3) is 5.92 Å². The first kappa shape index (κ1) is 10.8. The second kappa shape index (κ2) is 3.73. The first-order valence-corrected chi connectivity index (χ1v) is 4.64. The van der Waals surface area contributed by atoms with E-state index in [0.29, 0.717) is 0 Å². The van der Waals surface area contributed by atoms with E-state index in [1.165, 1.54) is 25.2 Å². The van der Waals surface area contributed by atoms with Crippen molar-refractivity contribution in [3.05, 3.63) is 6.07 Å². The first-order valence-electron chi connectivity index (χ1n) is 4.64. The van der Waals surface area contributed by atoms with Crippen LogP contribution in [-0.4, -0.2) is 43.2 Å². The fraction of sp³-hybridized carbons (Fsp3) is 0.556. The molecule has 1 aromatic rings. The number of nitrogens with zero attached hydrogens (tertiary/aromatic N) is 3. The average molecular weight is 231 g/mol. The van der Waals surface area contributed by atoms with E-state index < -0.39 is 5.92 Å². The van der Waals surface area contributed by atoms with Gasteiger partial charge in [0.1, 0.15) is 0 Å². The zero-order valence-corrected chi connectivity index (χ0v) is 8.91. The Hall–Kier alpha value is -1.66. The van der Waals surface area contributed by atoms with Crippen molar-refractivity contribution in [1.82, 2.24) is 9.97 Å². The fourth-order valence-electron chi connectivity index (χ4n) is 1.40. The molecule has 16 heavy (non-hydrogen) atoms. The molecule has 2 rings (SSSR count). The quantitative estimate of drug-likeness (QED) is 0.775. The lowest BCUT2D eigenvalue weighted by atomic mass is 10.2. The van der Waals surface area contributed by atoms with Crippen molar-refractivity contribution in [3.8, 4) is 11.8 Å². The summed E-state index contributed by atoms with van der Waals surface area (Å²) in [6.45, 7) is -0.743. The maximum atomic E-state index is 12.7. The van der Waals surface area contributed by atoms with Crippen LogP contribution in [0.1, 0.15) is 0 Å². The summed E-state index contributed by atoms with van der Waals surface area (Å²) in [5.74, 6) is -1.88. The molecule has 0 amide bonds. The van der Waals surface area contributed by atoms with Crippen LogP contribution in [0, 0.1) is 0 Å². The van der Waals surface area contributed by atoms with Gasteiger partial charge < -0.3 is 14.4 Å². The molecule has 0 aromatic carbocycles. The van der Waals surface area contributed by atoms with Crippen molar-refractivity contribution < 1.29 is 18.3 Å². The predicted octanol–water partition coefficient (Wildman–Crippen LogP) is 0.949. The van der Waals surface area contributed by atoms with Crippen LogP contribution in [0.2, 0.25) is 0 Å². The van der Waals surface area contributed by atoms with Gasteiger partial charge in [0, 0.05) is 0 Å². The molecule has 1 aliphatic heterocycles. The van der Waals surface area contributed by atoms with Crippen molar-refractivity contribution in [2.24, 2.45) is 0 Å². The van der Waals surface area contributed by atoms with Crippen LogP contribution < -0.4 is 14.4 Å². The Morgan fingerprint density at radius 1 is 1.19 bits per heavy atom. The predicted molar refractivity (Wildman–Crippen MR) is 52.3 cm³/mol. The lowest BCUT2D eigenvalue weighted by molar-refractivity contribution is -0.0272. The zero-order chi connectivity index (χ0) is 11.8. The van der Waals surface area contributed by atoms with Gasteiger partial charge in [-0.25, -0.2) is 8.78 Å². The van der Waals surface area contributed by atoms with Crippen molar-refractivity contribution >= 4 is 5.95 Å². The van der Waals surface area contributed by atoms with E-state index >= 15 is 0 Å². The third-order valence-electron chi connectivity index (χ3n) is 2.21. The molecule has 0 radical (unpaired) electrons. The van der Waals surface area contributed by atoms with E-state index in [-0.39, 0.29) is 30.8 Å². The Bertz CT molecular complexity index is 370. The minimum absolute atomic E-state index is 0.196. The molecule has 5 nitrogen and oxygen atoms in total. The van der Waals surface area contributed by atoms with Gasteiger partial charge in [0.05, 0.1) is 33.4 Å². The van der Waals surface area contributed by atoms with Gasteiger partial charge in [-0.05, 0) is 0 Å². The second-order valence-corrected chi connectivity index (χ2v) is 3.46. The van der Waals surface area contributed by atoms with Crippen LogP contribution in [0.25, 0.3) is 0 Å². The molecule has 1 fully saturated rings. The number of ether oxygens (including phenoxy) is 2. The third kappa shape index (κ3) is 1.98. The van der Waals surface area contributed by atoms with Gasteiger partial charge in [0.15, 0.2) is 0 Å². The standard InChI is InChI=1S/C9H11F2N3O2/c1-15-6-3-7(16-2)13-8(12-6)14-4-9(10,11)5-14/h3H,4-5H2,1-2H3. The smallest absolute Gasteiger partial charge is 0.282 e. The Labute approximate surface area is 91.0 Å². The molecule has 2 heterocycles. The molecule has 0 unspecified atom stereocenters.